The van der Waals surface area contributed by atoms with E-state index in [1.54, 1.807) is 11.7 Å². The maximum Gasteiger partial charge on any atom is 0.346 e. The van der Waals surface area contributed by atoms with Crippen molar-refractivity contribution < 1.29 is 9.53 Å². The number of amides is 1. The van der Waals surface area contributed by atoms with Crippen LogP contribution in [0.2, 0.25) is 0 Å². The summed E-state index contributed by atoms with van der Waals surface area (Å²) in [5, 5.41) is 4.57. The van der Waals surface area contributed by atoms with Gasteiger partial charge in [0.2, 0.25) is 5.91 Å². The largest absolute Gasteiger partial charge is 0.380 e. The molecule has 7 nitrogen and oxygen atoms in total. The van der Waals surface area contributed by atoms with Crippen LogP contribution in [0.25, 0.3) is 0 Å². The molecule has 0 N–H and O–H groups in total. The van der Waals surface area contributed by atoms with Gasteiger partial charge in [0, 0.05) is 26.7 Å². The zero-order valence-corrected chi connectivity index (χ0v) is 15.9. The fourth-order valence-corrected chi connectivity index (χ4v) is 4.05. The summed E-state index contributed by atoms with van der Waals surface area (Å²) in [4.78, 5) is 27.7. The van der Waals surface area contributed by atoms with Crippen molar-refractivity contribution in [2.45, 2.75) is 51.3 Å². The summed E-state index contributed by atoms with van der Waals surface area (Å²) in [5.74, 6) is 0.355. The summed E-state index contributed by atoms with van der Waals surface area (Å²) in [6, 6.07) is 8.08. The molecule has 1 amide bonds. The lowest BCUT2D eigenvalue weighted by molar-refractivity contribution is -0.132. The normalized spacial score (nSPS) is 22.1. The molecule has 1 aromatic carbocycles. The van der Waals surface area contributed by atoms with E-state index in [1.807, 2.05) is 36.1 Å². The molecule has 27 heavy (non-hydrogen) atoms. The Hall–Kier alpha value is -2.41. The number of likely N-dealkylation sites (tertiary alicyclic amines) is 1. The molecule has 0 radical (unpaired) electrons. The Morgan fingerprint density at radius 1 is 1.22 bits per heavy atom. The van der Waals surface area contributed by atoms with Crippen molar-refractivity contribution in [1.82, 2.24) is 19.2 Å². The highest BCUT2D eigenvalue weighted by atomic mass is 16.5. The first-order chi connectivity index (χ1) is 13.1. The number of ether oxygens (including phenoxy) is 1. The van der Waals surface area contributed by atoms with Crippen LogP contribution in [0.5, 0.6) is 0 Å². The van der Waals surface area contributed by atoms with Gasteiger partial charge in [-0.25, -0.2) is 9.48 Å². The molecule has 1 unspecified atom stereocenters. The van der Waals surface area contributed by atoms with E-state index in [-0.39, 0.29) is 23.6 Å². The lowest BCUT2D eigenvalue weighted by Gasteiger charge is -2.26. The maximum absolute atomic E-state index is 13.0. The molecule has 2 aliphatic rings. The number of benzene rings is 1. The maximum atomic E-state index is 13.0. The van der Waals surface area contributed by atoms with Crippen LogP contribution in [-0.2, 0) is 22.6 Å². The van der Waals surface area contributed by atoms with Crippen LogP contribution in [0.3, 0.4) is 0 Å². The Morgan fingerprint density at radius 3 is 2.70 bits per heavy atom. The Morgan fingerprint density at radius 2 is 2.00 bits per heavy atom. The highest BCUT2D eigenvalue weighted by molar-refractivity contribution is 5.83. The molecule has 0 spiro atoms. The van der Waals surface area contributed by atoms with E-state index in [0.717, 1.165) is 24.8 Å². The van der Waals surface area contributed by atoms with Crippen LogP contribution in [0.15, 0.2) is 29.1 Å². The molecule has 1 fully saturated rings. The van der Waals surface area contributed by atoms with Gasteiger partial charge in [-0.05, 0) is 31.7 Å². The topological polar surface area (TPSA) is 69.4 Å². The fraction of sp³-hybridized carbons (Fsp3) is 0.550. The van der Waals surface area contributed by atoms with Gasteiger partial charge in [0.15, 0.2) is 0 Å². The van der Waals surface area contributed by atoms with Crippen molar-refractivity contribution in [3.05, 3.63) is 51.7 Å². The number of carbonyl (C=O) groups excluding carboxylic acids is 1. The van der Waals surface area contributed by atoms with Gasteiger partial charge in [0.25, 0.3) is 0 Å². The van der Waals surface area contributed by atoms with Crippen molar-refractivity contribution in [3.63, 3.8) is 0 Å². The molecule has 0 saturated carbocycles. The monoisotopic (exact) mass is 370 g/mol. The van der Waals surface area contributed by atoms with Crippen LogP contribution in [0, 0.1) is 6.92 Å². The van der Waals surface area contributed by atoms with E-state index < -0.39 is 0 Å². The van der Waals surface area contributed by atoms with Gasteiger partial charge < -0.3 is 9.64 Å². The summed E-state index contributed by atoms with van der Waals surface area (Å²) in [6.45, 7) is 4.43. The van der Waals surface area contributed by atoms with Gasteiger partial charge in [-0.15, -0.1) is 0 Å². The van der Waals surface area contributed by atoms with E-state index in [9.17, 15) is 9.59 Å². The zero-order valence-electron chi connectivity index (χ0n) is 15.9. The summed E-state index contributed by atoms with van der Waals surface area (Å²) in [5.41, 5.74) is 2.09. The lowest BCUT2D eigenvalue weighted by Crippen LogP contribution is -2.37. The minimum atomic E-state index is -0.332. The van der Waals surface area contributed by atoms with Gasteiger partial charge in [-0.3, -0.25) is 9.36 Å². The van der Waals surface area contributed by atoms with Crippen molar-refractivity contribution in [2.24, 2.45) is 0 Å². The van der Waals surface area contributed by atoms with Crippen molar-refractivity contribution in [2.75, 3.05) is 20.2 Å². The Kier molecular flexibility index (Phi) is 4.86. The molecule has 0 aliphatic carbocycles. The third-order valence-corrected chi connectivity index (χ3v) is 5.68. The van der Waals surface area contributed by atoms with Gasteiger partial charge in [-0.1, -0.05) is 29.8 Å². The minimum absolute atomic E-state index is 0.0722. The molecule has 1 aromatic heterocycles. The number of fused-ring (bicyclic) bond motifs is 1. The predicted octanol–water partition coefficient (Wildman–Crippen LogP) is 1.53. The number of carbonyl (C=O) groups is 1. The number of nitrogens with zero attached hydrogens (tertiary/aromatic N) is 4. The van der Waals surface area contributed by atoms with E-state index in [4.69, 9.17) is 4.74 Å². The summed E-state index contributed by atoms with van der Waals surface area (Å²) in [6.07, 6.45) is 2.54. The van der Waals surface area contributed by atoms with Gasteiger partial charge in [-0.2, -0.15) is 5.10 Å². The smallest absolute Gasteiger partial charge is 0.346 e. The molecule has 1 saturated heterocycles. The number of aromatic nitrogens is 3. The second-order valence-electron chi connectivity index (χ2n) is 7.56. The molecular weight excluding hydrogens is 344 g/mol. The van der Waals surface area contributed by atoms with Crippen LogP contribution in [-0.4, -0.2) is 51.5 Å². The average Bonchev–Trinajstić information content (AvgIpc) is 3.28. The van der Waals surface area contributed by atoms with Crippen LogP contribution >= 0.6 is 0 Å². The fourth-order valence-electron chi connectivity index (χ4n) is 4.05. The first-order valence-electron chi connectivity index (χ1n) is 9.61. The van der Waals surface area contributed by atoms with E-state index >= 15 is 0 Å². The summed E-state index contributed by atoms with van der Waals surface area (Å²) in [7, 11) is 1.68. The number of hydrogen-bond donors (Lipinski definition) is 0. The SMILES string of the molecule is CO[C@H]1CCN(C(=O)C2CCCn3c2nn(Cc2ccc(C)cc2)c3=O)C1. The molecule has 0 bridgehead atoms. The number of hydrogen-bond acceptors (Lipinski definition) is 4. The zero-order chi connectivity index (χ0) is 19.0. The highest BCUT2D eigenvalue weighted by Gasteiger charge is 2.36. The predicted molar refractivity (Wildman–Crippen MR) is 101 cm³/mol. The Balaban J connectivity index is 1.58. The van der Waals surface area contributed by atoms with Crippen molar-refractivity contribution >= 4 is 5.91 Å². The van der Waals surface area contributed by atoms with Gasteiger partial charge in [0.1, 0.15) is 5.82 Å². The molecule has 3 heterocycles. The number of aryl methyl sites for hydroxylation is 1. The molecular formula is C20H26N4O3. The van der Waals surface area contributed by atoms with E-state index in [2.05, 4.69) is 5.10 Å². The average molecular weight is 370 g/mol. The number of rotatable bonds is 4. The molecule has 2 atom stereocenters. The van der Waals surface area contributed by atoms with Crippen LogP contribution in [0.1, 0.15) is 42.1 Å². The third kappa shape index (κ3) is 3.43. The highest BCUT2D eigenvalue weighted by Crippen LogP contribution is 2.28. The minimum Gasteiger partial charge on any atom is -0.380 e. The summed E-state index contributed by atoms with van der Waals surface area (Å²) >= 11 is 0. The standard InChI is InChI=1S/C20H26N4O3/c1-14-5-7-15(8-6-14)12-24-20(26)23-10-3-4-17(18(23)21-24)19(25)22-11-9-16(13-22)27-2/h5-8,16-17H,3-4,9-13H2,1-2H3/t16-,17?/m0/s1. The molecule has 4 rings (SSSR count). The lowest BCUT2D eigenvalue weighted by atomic mass is 9.97. The van der Waals surface area contributed by atoms with Crippen molar-refractivity contribution in [3.8, 4) is 0 Å². The quantitative estimate of drug-likeness (QED) is 0.818. The van der Waals surface area contributed by atoms with Crippen LogP contribution in [0.4, 0.5) is 0 Å². The third-order valence-electron chi connectivity index (χ3n) is 5.68. The molecule has 7 heteroatoms. The molecule has 2 aliphatic heterocycles. The van der Waals surface area contributed by atoms with Gasteiger partial charge in [0.05, 0.1) is 18.6 Å². The Bertz CT molecular complexity index is 884. The molecule has 144 valence electrons. The van der Waals surface area contributed by atoms with Gasteiger partial charge >= 0.3 is 5.69 Å². The molecule has 2 aromatic rings. The van der Waals surface area contributed by atoms with Crippen LogP contribution < -0.4 is 5.69 Å². The Labute approximate surface area is 158 Å². The van der Waals surface area contributed by atoms with E-state index in [1.165, 1.54) is 10.2 Å². The first kappa shape index (κ1) is 18.0. The summed E-state index contributed by atoms with van der Waals surface area (Å²) < 4.78 is 8.56. The van der Waals surface area contributed by atoms with E-state index in [0.29, 0.717) is 32.0 Å². The number of methoxy groups -OCH3 is 1. The second-order valence-corrected chi connectivity index (χ2v) is 7.56. The van der Waals surface area contributed by atoms with Crippen molar-refractivity contribution in [1.29, 1.82) is 0 Å². The first-order valence-corrected chi connectivity index (χ1v) is 9.61. The second kappa shape index (κ2) is 7.31.